The van der Waals surface area contributed by atoms with Crippen molar-refractivity contribution in [1.29, 1.82) is 0 Å². The maximum absolute atomic E-state index is 12.4. The third-order valence-electron chi connectivity index (χ3n) is 3.10. The molecule has 2 unspecified atom stereocenters. The van der Waals surface area contributed by atoms with Crippen LogP contribution in [0, 0.1) is 5.92 Å². The van der Waals surface area contributed by atoms with Crippen LogP contribution in [0.5, 0.6) is 0 Å². The van der Waals surface area contributed by atoms with Crippen LogP contribution in [0.4, 0.5) is 0 Å². The molecule has 0 radical (unpaired) electrons. The summed E-state index contributed by atoms with van der Waals surface area (Å²) in [6.07, 6.45) is 3.87. The van der Waals surface area contributed by atoms with Crippen molar-refractivity contribution in [2.75, 3.05) is 19.1 Å². The van der Waals surface area contributed by atoms with Crippen LogP contribution in [-0.2, 0) is 11.1 Å². The van der Waals surface area contributed by atoms with Crippen LogP contribution in [0.1, 0.15) is 32.3 Å². The number of benzene rings is 1. The summed E-state index contributed by atoms with van der Waals surface area (Å²) in [5.41, 5.74) is 1.25. The molecule has 0 saturated heterocycles. The van der Waals surface area contributed by atoms with Crippen LogP contribution in [0.15, 0.2) is 30.3 Å². The second-order valence-corrected chi connectivity index (χ2v) is 8.72. The van der Waals surface area contributed by atoms with Gasteiger partial charge in [-0.25, -0.2) is 0 Å². The van der Waals surface area contributed by atoms with Gasteiger partial charge >= 0.3 is 0 Å². The third kappa shape index (κ3) is 6.37. The van der Waals surface area contributed by atoms with Crippen LogP contribution in [-0.4, -0.2) is 19.1 Å². The minimum absolute atomic E-state index is 0.573. The van der Waals surface area contributed by atoms with E-state index in [0.717, 1.165) is 12.7 Å². The zero-order chi connectivity index (χ0) is 13.4. The summed E-state index contributed by atoms with van der Waals surface area (Å²) in [6.45, 7) is 7.12. The molecular weight excluding hydrogens is 241 g/mol. The van der Waals surface area contributed by atoms with Gasteiger partial charge in [0.1, 0.15) is 0 Å². The molecule has 3 heteroatoms. The second-order valence-electron chi connectivity index (χ2n) is 5.44. The molecule has 2 atom stereocenters. The Kier molecular flexibility index (Phi) is 6.67. The standard InChI is InChI=1S/C15H26NOP/c1-4-8-14(2)12-18(3,17)13-16-11-15-9-6-5-7-10-15/h5-7,9-10,14,16H,4,8,11-13H2,1-3H3. The van der Waals surface area contributed by atoms with E-state index in [1.54, 1.807) is 0 Å². The van der Waals surface area contributed by atoms with Gasteiger partial charge in [0, 0.05) is 19.0 Å². The van der Waals surface area contributed by atoms with E-state index in [9.17, 15) is 4.57 Å². The number of hydrogen-bond donors (Lipinski definition) is 1. The SMILES string of the molecule is CCCC(C)CP(C)(=O)CNCc1ccccc1. The smallest absolute Gasteiger partial charge is 0.0981 e. The Morgan fingerprint density at radius 2 is 1.94 bits per heavy atom. The summed E-state index contributed by atoms with van der Waals surface area (Å²) < 4.78 is 12.4. The summed E-state index contributed by atoms with van der Waals surface area (Å²) in [6, 6.07) is 10.3. The quantitative estimate of drug-likeness (QED) is 0.716. The first-order valence-corrected chi connectivity index (χ1v) is 9.36. The molecule has 1 rings (SSSR count). The molecule has 1 N–H and O–H groups in total. The molecule has 0 bridgehead atoms. The highest BCUT2D eigenvalue weighted by molar-refractivity contribution is 7.63. The summed E-state index contributed by atoms with van der Waals surface area (Å²) in [5, 5.41) is 3.33. The van der Waals surface area contributed by atoms with E-state index in [1.165, 1.54) is 18.4 Å². The van der Waals surface area contributed by atoms with Crippen molar-refractivity contribution >= 4 is 7.14 Å². The van der Waals surface area contributed by atoms with Crippen molar-refractivity contribution in [3.63, 3.8) is 0 Å². The molecule has 0 amide bonds. The highest BCUT2D eigenvalue weighted by Gasteiger charge is 2.18. The molecule has 0 aliphatic heterocycles. The molecule has 0 aromatic heterocycles. The predicted octanol–water partition coefficient (Wildman–Crippen LogP) is 4.16. The monoisotopic (exact) mass is 267 g/mol. The third-order valence-corrected chi connectivity index (χ3v) is 5.39. The average molecular weight is 267 g/mol. The van der Waals surface area contributed by atoms with E-state index in [-0.39, 0.29) is 0 Å². The van der Waals surface area contributed by atoms with Gasteiger partial charge in [-0.3, -0.25) is 0 Å². The Hall–Kier alpha value is -0.590. The topological polar surface area (TPSA) is 29.1 Å². The van der Waals surface area contributed by atoms with E-state index < -0.39 is 7.14 Å². The van der Waals surface area contributed by atoms with Gasteiger partial charge in [0.25, 0.3) is 0 Å². The molecule has 2 nitrogen and oxygen atoms in total. The van der Waals surface area contributed by atoms with E-state index in [1.807, 2.05) is 24.9 Å². The Labute approximate surface area is 112 Å². The maximum atomic E-state index is 12.4. The largest absolute Gasteiger partial charge is 0.323 e. The summed E-state index contributed by atoms with van der Waals surface area (Å²) in [5.74, 6) is 0.573. The number of nitrogens with one attached hydrogen (secondary N) is 1. The first-order chi connectivity index (χ1) is 8.53. The number of hydrogen-bond acceptors (Lipinski definition) is 2. The molecule has 1 aromatic carbocycles. The second kappa shape index (κ2) is 7.76. The molecule has 0 aliphatic carbocycles. The van der Waals surface area contributed by atoms with Crippen molar-refractivity contribution in [1.82, 2.24) is 5.32 Å². The van der Waals surface area contributed by atoms with Crippen molar-refractivity contribution in [2.45, 2.75) is 33.2 Å². The van der Waals surface area contributed by atoms with Gasteiger partial charge < -0.3 is 9.88 Å². The summed E-state index contributed by atoms with van der Waals surface area (Å²) in [7, 11) is -2.03. The lowest BCUT2D eigenvalue weighted by atomic mass is 10.1. The predicted molar refractivity (Wildman–Crippen MR) is 80.6 cm³/mol. The molecule has 102 valence electrons. The van der Waals surface area contributed by atoms with Crippen molar-refractivity contribution in [3.8, 4) is 0 Å². The molecule has 0 heterocycles. The normalized spacial score (nSPS) is 16.2. The molecule has 0 spiro atoms. The van der Waals surface area contributed by atoms with Crippen molar-refractivity contribution in [2.24, 2.45) is 5.92 Å². The number of rotatable bonds is 8. The van der Waals surface area contributed by atoms with Gasteiger partial charge in [-0.2, -0.15) is 0 Å². The minimum Gasteiger partial charge on any atom is -0.323 e. The van der Waals surface area contributed by atoms with Crippen LogP contribution >= 0.6 is 7.14 Å². The van der Waals surface area contributed by atoms with Gasteiger partial charge in [-0.05, 0) is 18.1 Å². The van der Waals surface area contributed by atoms with E-state index in [2.05, 4.69) is 31.3 Å². The van der Waals surface area contributed by atoms with Crippen LogP contribution in [0.25, 0.3) is 0 Å². The Morgan fingerprint density at radius 3 is 2.56 bits per heavy atom. The zero-order valence-electron chi connectivity index (χ0n) is 11.9. The van der Waals surface area contributed by atoms with Gasteiger partial charge in [-0.15, -0.1) is 0 Å². The molecule has 0 aliphatic rings. The fourth-order valence-electron chi connectivity index (χ4n) is 2.34. The lowest BCUT2D eigenvalue weighted by Crippen LogP contribution is -2.17. The maximum Gasteiger partial charge on any atom is 0.0981 e. The summed E-state index contributed by atoms with van der Waals surface area (Å²) in [4.78, 5) is 0. The Morgan fingerprint density at radius 1 is 1.28 bits per heavy atom. The van der Waals surface area contributed by atoms with Crippen molar-refractivity contribution in [3.05, 3.63) is 35.9 Å². The van der Waals surface area contributed by atoms with Crippen LogP contribution < -0.4 is 5.32 Å². The van der Waals surface area contributed by atoms with Gasteiger partial charge in [-0.1, -0.05) is 57.0 Å². The lowest BCUT2D eigenvalue weighted by Gasteiger charge is -2.18. The Bertz CT molecular complexity index is 377. The molecular formula is C15H26NOP. The minimum atomic E-state index is -2.03. The average Bonchev–Trinajstić information content (AvgIpc) is 2.29. The summed E-state index contributed by atoms with van der Waals surface area (Å²) >= 11 is 0. The molecule has 1 aromatic rings. The van der Waals surface area contributed by atoms with Crippen LogP contribution in [0.2, 0.25) is 0 Å². The van der Waals surface area contributed by atoms with E-state index in [4.69, 9.17) is 0 Å². The Balaban J connectivity index is 2.31. The van der Waals surface area contributed by atoms with Gasteiger partial charge in [0.2, 0.25) is 0 Å². The molecule has 18 heavy (non-hydrogen) atoms. The van der Waals surface area contributed by atoms with Gasteiger partial charge in [0.05, 0.1) is 7.14 Å². The lowest BCUT2D eigenvalue weighted by molar-refractivity contribution is 0.538. The molecule has 0 fully saturated rings. The highest BCUT2D eigenvalue weighted by atomic mass is 31.2. The van der Waals surface area contributed by atoms with Gasteiger partial charge in [0.15, 0.2) is 0 Å². The van der Waals surface area contributed by atoms with Crippen LogP contribution in [0.3, 0.4) is 0 Å². The fourth-order valence-corrected chi connectivity index (χ4v) is 4.56. The van der Waals surface area contributed by atoms with E-state index in [0.29, 0.717) is 12.2 Å². The highest BCUT2D eigenvalue weighted by Crippen LogP contribution is 2.42. The zero-order valence-corrected chi connectivity index (χ0v) is 12.7. The first-order valence-electron chi connectivity index (χ1n) is 6.83. The first kappa shape index (κ1) is 15.5. The molecule has 0 saturated carbocycles. The van der Waals surface area contributed by atoms with E-state index >= 15 is 0 Å². The fraction of sp³-hybridized carbons (Fsp3) is 0.600. The van der Waals surface area contributed by atoms with Crippen molar-refractivity contribution < 1.29 is 4.57 Å².